The lowest BCUT2D eigenvalue weighted by Gasteiger charge is -2.37. The topological polar surface area (TPSA) is 33.0 Å². The van der Waals surface area contributed by atoms with Crippen LogP contribution in [-0.2, 0) is 4.74 Å². The van der Waals surface area contributed by atoms with Crippen molar-refractivity contribution >= 4 is 0 Å². The Bertz CT molecular complexity index is 439. The first kappa shape index (κ1) is 20.5. The highest BCUT2D eigenvalue weighted by Crippen LogP contribution is 2.56. The lowest BCUT2D eigenvalue weighted by molar-refractivity contribution is -0.485. The summed E-state index contributed by atoms with van der Waals surface area (Å²) in [6.45, 7) is 0. The molecule has 0 aromatic heterocycles. The highest BCUT2D eigenvalue weighted by molar-refractivity contribution is 5.06. The summed E-state index contributed by atoms with van der Waals surface area (Å²) in [5, 5.41) is 7.67. The molecule has 0 heterocycles. The predicted octanol–water partition coefficient (Wildman–Crippen LogP) is 4.18. The van der Waals surface area contributed by atoms with E-state index in [0.717, 1.165) is 0 Å². The first-order valence-corrected chi connectivity index (χ1v) is 4.34. The van der Waals surface area contributed by atoms with Gasteiger partial charge in [-0.1, -0.05) is 0 Å². The molecule has 1 atom stereocenters. The van der Waals surface area contributed by atoms with Gasteiger partial charge in [0.15, 0.2) is 0 Å². The number of hydrogen-bond acceptors (Lipinski definition) is 2. The van der Waals surface area contributed by atoms with Crippen molar-refractivity contribution in [2.75, 3.05) is 0 Å². The molecule has 0 aliphatic rings. The summed E-state index contributed by atoms with van der Waals surface area (Å²) in [4.78, 5) is 0. The summed E-state index contributed by atoms with van der Waals surface area (Å²) >= 11 is 0. The molecule has 0 aliphatic carbocycles. The van der Waals surface area contributed by atoms with Crippen LogP contribution in [0.3, 0.4) is 0 Å². The van der Waals surface area contributed by atoms with Crippen LogP contribution >= 0.6 is 0 Å². The lowest BCUT2D eigenvalue weighted by Crippen LogP contribution is -2.67. The van der Waals surface area contributed by atoms with Crippen molar-refractivity contribution in [3.63, 3.8) is 0 Å². The zero-order valence-electron chi connectivity index (χ0n) is 9.27. The fourth-order valence-corrected chi connectivity index (χ4v) is 0.882. The summed E-state index contributed by atoms with van der Waals surface area (Å²) < 4.78 is 160. The molecular weight excluding hydrogens is 361 g/mol. The Hall–Kier alpha value is -1.46. The summed E-state index contributed by atoms with van der Waals surface area (Å²) in [5.41, 5.74) is -7.70. The number of alkyl halides is 13. The van der Waals surface area contributed by atoms with E-state index in [1.54, 1.807) is 4.74 Å². The van der Waals surface area contributed by atoms with E-state index in [4.69, 9.17) is 5.26 Å². The highest BCUT2D eigenvalue weighted by Gasteiger charge is 2.87. The van der Waals surface area contributed by atoms with E-state index in [1.165, 1.54) is 0 Å². The third kappa shape index (κ3) is 3.01. The molecule has 0 aliphatic heterocycles. The minimum atomic E-state index is -7.70. The van der Waals surface area contributed by atoms with Crippen LogP contribution in [-0.4, -0.2) is 36.2 Å². The van der Waals surface area contributed by atoms with Gasteiger partial charge in [0, 0.05) is 0 Å². The number of ether oxygens (including phenoxy) is 1. The number of rotatable bonds is 3. The fourth-order valence-electron chi connectivity index (χ4n) is 0.882. The van der Waals surface area contributed by atoms with Gasteiger partial charge in [0.25, 0.3) is 0 Å². The third-order valence-electron chi connectivity index (χ3n) is 1.96. The second-order valence-corrected chi connectivity index (χ2v) is 3.48. The van der Waals surface area contributed by atoms with Crippen LogP contribution in [0.5, 0.6) is 0 Å². The van der Waals surface area contributed by atoms with Crippen LogP contribution in [0, 0.1) is 11.3 Å². The third-order valence-corrected chi connectivity index (χ3v) is 1.96. The second-order valence-electron chi connectivity index (χ2n) is 3.48. The standard InChI is InChI=1S/C7F13NO/c8-2(1-21,4(10,11)12)22-7(19,20)3(9,5(13,14)15)6(16,17)18. The lowest BCUT2D eigenvalue weighted by atomic mass is 10.0. The highest BCUT2D eigenvalue weighted by atomic mass is 19.4. The van der Waals surface area contributed by atoms with E-state index >= 15 is 0 Å². The fraction of sp³-hybridized carbons (Fsp3) is 0.857. The van der Waals surface area contributed by atoms with Gasteiger partial charge in [0.2, 0.25) is 0 Å². The van der Waals surface area contributed by atoms with Crippen LogP contribution in [0.2, 0.25) is 0 Å². The van der Waals surface area contributed by atoms with Gasteiger partial charge in [0.1, 0.15) is 6.07 Å². The molecule has 0 amide bonds. The maximum Gasteiger partial charge on any atom is 0.463 e. The van der Waals surface area contributed by atoms with Gasteiger partial charge in [-0.05, 0) is 0 Å². The van der Waals surface area contributed by atoms with Crippen molar-refractivity contribution in [1.29, 1.82) is 5.26 Å². The van der Waals surface area contributed by atoms with E-state index in [2.05, 4.69) is 0 Å². The first-order chi connectivity index (χ1) is 9.27. The molecule has 0 aromatic rings. The normalized spacial score (nSPS) is 17.8. The molecule has 0 rings (SSSR count). The minimum absolute atomic E-state index is 0.746. The second kappa shape index (κ2) is 5.03. The zero-order chi connectivity index (χ0) is 18.4. The Labute approximate surface area is 111 Å². The number of hydrogen-bond donors (Lipinski definition) is 0. The molecular formula is C7F13NO. The van der Waals surface area contributed by atoms with Crippen molar-refractivity contribution in [2.45, 2.75) is 36.2 Å². The van der Waals surface area contributed by atoms with Gasteiger partial charge in [-0.25, -0.2) is 4.39 Å². The SMILES string of the molecule is N#CC(F)(OC(F)(F)C(F)(C(F)(F)F)C(F)(F)F)C(F)(F)F. The van der Waals surface area contributed by atoms with Crippen molar-refractivity contribution < 1.29 is 61.8 Å². The molecule has 0 N–H and O–H groups in total. The molecule has 1 unspecified atom stereocenters. The largest absolute Gasteiger partial charge is 0.463 e. The molecule has 22 heavy (non-hydrogen) atoms. The minimum Gasteiger partial charge on any atom is -0.260 e. The molecule has 0 saturated heterocycles. The van der Waals surface area contributed by atoms with E-state index in [0.29, 0.717) is 0 Å². The van der Waals surface area contributed by atoms with Crippen molar-refractivity contribution in [3.8, 4) is 6.07 Å². The van der Waals surface area contributed by atoms with Gasteiger partial charge in [-0.2, -0.15) is 57.9 Å². The molecule has 0 aromatic carbocycles. The average Bonchev–Trinajstić information content (AvgIpc) is 2.22. The zero-order valence-corrected chi connectivity index (χ0v) is 9.27. The Kier molecular flexibility index (Phi) is 4.70. The Morgan fingerprint density at radius 1 is 0.591 bits per heavy atom. The van der Waals surface area contributed by atoms with Crippen molar-refractivity contribution in [2.24, 2.45) is 0 Å². The predicted molar refractivity (Wildman–Crippen MR) is 37.5 cm³/mol. The van der Waals surface area contributed by atoms with Gasteiger partial charge in [-0.15, -0.1) is 0 Å². The maximum atomic E-state index is 12.9. The van der Waals surface area contributed by atoms with E-state index in [-0.39, 0.29) is 0 Å². The molecule has 0 saturated carbocycles. The smallest absolute Gasteiger partial charge is 0.260 e. The van der Waals surface area contributed by atoms with Crippen LogP contribution in [0.1, 0.15) is 0 Å². The van der Waals surface area contributed by atoms with Crippen LogP contribution in [0.25, 0.3) is 0 Å². The number of nitriles is 1. The van der Waals surface area contributed by atoms with Crippen LogP contribution in [0.15, 0.2) is 0 Å². The molecule has 15 heteroatoms. The maximum absolute atomic E-state index is 12.9. The molecule has 2 nitrogen and oxygen atoms in total. The quantitative estimate of drug-likeness (QED) is 0.707. The molecule has 0 spiro atoms. The van der Waals surface area contributed by atoms with Crippen LogP contribution in [0.4, 0.5) is 57.1 Å². The van der Waals surface area contributed by atoms with Gasteiger partial charge in [0.05, 0.1) is 0 Å². The van der Waals surface area contributed by atoms with E-state index in [1.807, 2.05) is 0 Å². The summed E-state index contributed by atoms with van der Waals surface area (Å²) in [5.74, 6) is -6.33. The number of nitrogens with zero attached hydrogens (tertiary/aromatic N) is 1. The molecule has 0 bridgehead atoms. The summed E-state index contributed by atoms with van der Waals surface area (Å²) in [6.07, 6.45) is -29.4. The summed E-state index contributed by atoms with van der Waals surface area (Å²) in [6, 6.07) is -0.746. The summed E-state index contributed by atoms with van der Waals surface area (Å²) in [7, 11) is 0. The van der Waals surface area contributed by atoms with Crippen molar-refractivity contribution in [3.05, 3.63) is 0 Å². The monoisotopic (exact) mass is 361 g/mol. The molecule has 0 radical (unpaired) electrons. The molecule has 0 fully saturated rings. The Morgan fingerprint density at radius 3 is 1.09 bits per heavy atom. The van der Waals surface area contributed by atoms with Gasteiger partial charge < -0.3 is 0 Å². The Balaban J connectivity index is 6.16. The van der Waals surface area contributed by atoms with Gasteiger partial charge >= 0.3 is 36.2 Å². The number of halogens is 13. The average molecular weight is 361 g/mol. The van der Waals surface area contributed by atoms with E-state index < -0.39 is 42.2 Å². The van der Waals surface area contributed by atoms with Crippen LogP contribution < -0.4 is 0 Å². The first-order valence-electron chi connectivity index (χ1n) is 4.34. The Morgan fingerprint density at radius 2 is 0.909 bits per heavy atom. The van der Waals surface area contributed by atoms with Crippen molar-refractivity contribution in [1.82, 2.24) is 0 Å². The van der Waals surface area contributed by atoms with Gasteiger partial charge in [-0.3, -0.25) is 4.74 Å². The van der Waals surface area contributed by atoms with E-state index in [9.17, 15) is 57.1 Å². The molecule has 130 valence electrons.